The number of halogens is 1. The minimum absolute atomic E-state index is 0.0336. The molecule has 1 atom stereocenters. The number of anilines is 2. The van der Waals surface area contributed by atoms with Gasteiger partial charge in [-0.3, -0.25) is 9.36 Å². The molecular weight excluding hydrogens is 394 g/mol. The normalized spacial score (nSPS) is 11.9. The van der Waals surface area contributed by atoms with Gasteiger partial charge in [-0.2, -0.15) is 0 Å². The van der Waals surface area contributed by atoms with Crippen LogP contribution >= 0.6 is 11.6 Å². The van der Waals surface area contributed by atoms with Crippen molar-refractivity contribution in [1.82, 2.24) is 19.7 Å². The summed E-state index contributed by atoms with van der Waals surface area (Å²) in [6.45, 7) is 9.12. The van der Waals surface area contributed by atoms with E-state index in [0.29, 0.717) is 27.3 Å². The predicted molar refractivity (Wildman–Crippen MR) is 109 cm³/mol. The molecule has 3 heterocycles. The zero-order valence-corrected chi connectivity index (χ0v) is 15.9. The molecule has 0 aliphatic rings. The molecule has 4 aromatic rings. The molecule has 0 bridgehead atoms. The van der Waals surface area contributed by atoms with Crippen LogP contribution in [0.1, 0.15) is 18.7 Å². The van der Waals surface area contributed by atoms with Gasteiger partial charge in [-0.15, -0.1) is 0 Å². The zero-order valence-electron chi connectivity index (χ0n) is 15.1. The number of nitrogens with zero attached hydrogens (tertiary/aromatic N) is 5. The third-order valence-corrected chi connectivity index (χ3v) is 4.70. The molecule has 3 N–H and O–H groups in total. The molecule has 144 valence electrons. The number of nitrogens with two attached hydrogens (primary N) is 1. The van der Waals surface area contributed by atoms with Gasteiger partial charge < -0.3 is 15.6 Å². The van der Waals surface area contributed by atoms with Crippen molar-refractivity contribution in [2.75, 3.05) is 11.1 Å². The van der Waals surface area contributed by atoms with Crippen LogP contribution in [0.15, 0.2) is 52.1 Å². The molecule has 9 nitrogen and oxygen atoms in total. The molecule has 0 radical (unpaired) electrons. The molecule has 0 saturated carbocycles. The van der Waals surface area contributed by atoms with Gasteiger partial charge in [-0.25, -0.2) is 14.8 Å². The van der Waals surface area contributed by atoms with Crippen molar-refractivity contribution in [2.45, 2.75) is 13.0 Å². The summed E-state index contributed by atoms with van der Waals surface area (Å²) in [5.41, 5.74) is 6.12. The molecule has 0 spiro atoms. The first-order valence-electron chi connectivity index (χ1n) is 8.51. The van der Waals surface area contributed by atoms with Crippen LogP contribution in [0.25, 0.3) is 21.4 Å². The second kappa shape index (κ2) is 7.26. The van der Waals surface area contributed by atoms with Gasteiger partial charge in [0.2, 0.25) is 11.6 Å². The van der Waals surface area contributed by atoms with Gasteiger partial charge in [-0.1, -0.05) is 28.9 Å². The summed E-state index contributed by atoms with van der Waals surface area (Å²) in [6.07, 6.45) is 2.72. The van der Waals surface area contributed by atoms with Crippen LogP contribution in [0.5, 0.6) is 0 Å². The van der Waals surface area contributed by atoms with Crippen molar-refractivity contribution in [2.24, 2.45) is 0 Å². The van der Waals surface area contributed by atoms with Gasteiger partial charge in [0.05, 0.1) is 28.7 Å². The predicted octanol–water partition coefficient (Wildman–Crippen LogP) is 3.73. The van der Waals surface area contributed by atoms with E-state index in [4.69, 9.17) is 28.4 Å². The van der Waals surface area contributed by atoms with E-state index in [2.05, 4.69) is 25.3 Å². The number of nitrogens with one attached hydrogen (secondary N) is 1. The second-order valence-electron chi connectivity index (χ2n) is 6.21. The Morgan fingerprint density at radius 3 is 2.93 bits per heavy atom. The molecule has 0 unspecified atom stereocenters. The number of fused-ring (bicyclic) bond motifs is 1. The van der Waals surface area contributed by atoms with Gasteiger partial charge in [0.25, 0.3) is 5.56 Å². The number of hydrogen-bond acceptors (Lipinski definition) is 7. The first kappa shape index (κ1) is 18.5. The molecule has 0 aliphatic heterocycles. The van der Waals surface area contributed by atoms with Crippen LogP contribution in [-0.2, 0) is 0 Å². The molecule has 29 heavy (non-hydrogen) atoms. The smallest absolute Gasteiger partial charge is 0.266 e. The van der Waals surface area contributed by atoms with Crippen LogP contribution in [0.3, 0.4) is 0 Å². The lowest BCUT2D eigenvalue weighted by molar-refractivity contribution is 0.415. The Hall–Kier alpha value is -3.90. The molecule has 1 aromatic carbocycles. The van der Waals surface area contributed by atoms with Crippen LogP contribution in [0, 0.1) is 6.57 Å². The molecular formula is C19H14ClN7O2. The van der Waals surface area contributed by atoms with Crippen LogP contribution in [0.2, 0.25) is 5.02 Å². The quantitative estimate of drug-likeness (QED) is 0.495. The summed E-state index contributed by atoms with van der Waals surface area (Å²) in [4.78, 5) is 24.6. The Labute approximate surface area is 169 Å². The molecule has 0 saturated heterocycles. The third-order valence-electron chi connectivity index (χ3n) is 4.38. The van der Waals surface area contributed by atoms with Crippen molar-refractivity contribution in [1.29, 1.82) is 0 Å². The summed E-state index contributed by atoms with van der Waals surface area (Å²) in [6, 6.07) is 8.20. The maximum absolute atomic E-state index is 13.3. The van der Waals surface area contributed by atoms with E-state index < -0.39 is 6.04 Å². The van der Waals surface area contributed by atoms with Crippen LogP contribution < -0.4 is 16.6 Å². The van der Waals surface area contributed by atoms with Gasteiger partial charge in [0.1, 0.15) is 12.1 Å². The van der Waals surface area contributed by atoms with Crippen molar-refractivity contribution in [3.05, 3.63) is 75.3 Å². The highest BCUT2D eigenvalue weighted by Gasteiger charge is 2.20. The summed E-state index contributed by atoms with van der Waals surface area (Å²) < 4.78 is 6.35. The van der Waals surface area contributed by atoms with Crippen molar-refractivity contribution in [3.8, 4) is 5.82 Å². The monoisotopic (exact) mass is 407 g/mol. The third kappa shape index (κ3) is 3.26. The van der Waals surface area contributed by atoms with E-state index in [-0.39, 0.29) is 23.0 Å². The Kier molecular flexibility index (Phi) is 4.62. The van der Waals surface area contributed by atoms with E-state index in [1.165, 1.54) is 17.0 Å². The number of hydrogen-bond donors (Lipinski definition) is 2. The summed E-state index contributed by atoms with van der Waals surface area (Å²) >= 11 is 6.28. The molecule has 0 aliphatic carbocycles. The van der Waals surface area contributed by atoms with Gasteiger partial charge >= 0.3 is 0 Å². The van der Waals surface area contributed by atoms with Crippen molar-refractivity contribution in [3.63, 3.8) is 0 Å². The highest BCUT2D eigenvalue weighted by molar-refractivity contribution is 6.35. The lowest BCUT2D eigenvalue weighted by Gasteiger charge is -2.20. The van der Waals surface area contributed by atoms with Crippen molar-refractivity contribution < 1.29 is 4.52 Å². The summed E-state index contributed by atoms with van der Waals surface area (Å²) in [5.74, 6) is 0.615. The summed E-state index contributed by atoms with van der Waals surface area (Å²) in [7, 11) is 0. The number of pyridine rings is 1. The minimum atomic E-state index is -0.447. The van der Waals surface area contributed by atoms with E-state index >= 15 is 0 Å². The van der Waals surface area contributed by atoms with E-state index in [0.717, 1.165) is 0 Å². The molecule has 0 amide bonds. The average molecular weight is 408 g/mol. The average Bonchev–Trinajstić information content (AvgIpc) is 3.22. The molecule has 0 fully saturated rings. The lowest BCUT2D eigenvalue weighted by Crippen LogP contribution is -2.26. The van der Waals surface area contributed by atoms with Crippen LogP contribution in [-0.4, -0.2) is 19.7 Å². The topological polar surface area (TPSA) is 116 Å². The number of nitrogen functional groups attached to an aromatic ring is 1. The highest BCUT2D eigenvalue weighted by Crippen LogP contribution is 2.29. The van der Waals surface area contributed by atoms with Crippen LogP contribution in [0.4, 0.5) is 17.5 Å². The number of benzene rings is 1. The second-order valence-corrected chi connectivity index (χ2v) is 6.62. The molecule has 10 heteroatoms. The zero-order chi connectivity index (χ0) is 20.5. The Morgan fingerprint density at radius 2 is 2.21 bits per heavy atom. The fraction of sp³-hybridized carbons (Fsp3) is 0.105. The van der Waals surface area contributed by atoms with Gasteiger partial charge in [-0.05, 0) is 24.4 Å². The maximum Gasteiger partial charge on any atom is 0.266 e. The SMILES string of the molecule is [C-]#[N+]c1cnc(N)nc1N[C@@H](C)c1cc2cccc(Cl)c2c(=O)n1-c1ccon1. The largest absolute Gasteiger partial charge is 0.371 e. The van der Waals surface area contributed by atoms with E-state index in [1.54, 1.807) is 24.3 Å². The number of rotatable bonds is 4. The van der Waals surface area contributed by atoms with Crippen molar-refractivity contribution >= 4 is 39.8 Å². The fourth-order valence-electron chi connectivity index (χ4n) is 3.07. The molecule has 4 rings (SSSR count). The first-order chi connectivity index (χ1) is 14.0. The van der Waals surface area contributed by atoms with E-state index in [9.17, 15) is 4.79 Å². The fourth-order valence-corrected chi connectivity index (χ4v) is 3.33. The highest BCUT2D eigenvalue weighted by atomic mass is 35.5. The Morgan fingerprint density at radius 1 is 1.38 bits per heavy atom. The maximum atomic E-state index is 13.3. The lowest BCUT2D eigenvalue weighted by atomic mass is 10.1. The Balaban J connectivity index is 1.91. The summed E-state index contributed by atoms with van der Waals surface area (Å²) in [5, 5.41) is 8.43. The van der Waals surface area contributed by atoms with Gasteiger partial charge in [0.15, 0.2) is 5.82 Å². The first-order valence-corrected chi connectivity index (χ1v) is 8.89. The standard InChI is InChI=1S/C19H14ClN7O2/c1-10(24-17-13(22-2)9-23-19(21)25-17)14-8-11-4-3-5-12(20)16(11)18(28)27(14)15-6-7-29-26-15/h3-10H,1H3,(H3,21,23,24,25)/t10-/m0/s1. The molecule has 3 aromatic heterocycles. The van der Waals surface area contributed by atoms with E-state index in [1.807, 2.05) is 13.0 Å². The minimum Gasteiger partial charge on any atom is -0.371 e. The Bertz CT molecular complexity index is 1310. The number of aromatic nitrogens is 4. The van der Waals surface area contributed by atoms with Gasteiger partial charge in [0, 0.05) is 12.3 Å².